The Labute approximate surface area is 105 Å². The molecule has 88 valence electrons. The smallest absolute Gasteiger partial charge is 0.0949 e. The summed E-state index contributed by atoms with van der Waals surface area (Å²) in [6.07, 6.45) is 3.21. The maximum atomic E-state index is 5.87. The first-order valence-electron chi connectivity index (χ1n) is 5.76. The number of alkyl halides is 1. The van der Waals surface area contributed by atoms with Gasteiger partial charge >= 0.3 is 0 Å². The molecule has 0 aromatic carbocycles. The molecule has 1 heterocycles. The van der Waals surface area contributed by atoms with Crippen molar-refractivity contribution >= 4 is 22.6 Å². The Morgan fingerprint density at radius 2 is 2.20 bits per heavy atom. The van der Waals surface area contributed by atoms with E-state index in [1.54, 1.807) is 0 Å². The average molecular weight is 326 g/mol. The minimum atomic E-state index is 0.271. The molecule has 2 rings (SSSR count). The second-order valence-corrected chi connectivity index (χ2v) is 5.86. The number of ether oxygens (including phenoxy) is 3. The van der Waals surface area contributed by atoms with E-state index in [1.807, 2.05) is 0 Å². The van der Waals surface area contributed by atoms with Crippen molar-refractivity contribution in [3.05, 3.63) is 0 Å². The molecule has 1 saturated carbocycles. The Morgan fingerprint density at radius 1 is 1.40 bits per heavy atom. The minimum absolute atomic E-state index is 0.271. The van der Waals surface area contributed by atoms with Crippen molar-refractivity contribution in [2.75, 3.05) is 26.4 Å². The van der Waals surface area contributed by atoms with Gasteiger partial charge in [0.2, 0.25) is 0 Å². The van der Waals surface area contributed by atoms with Crippen LogP contribution in [-0.4, -0.2) is 42.6 Å². The molecule has 2 fully saturated rings. The molecular weight excluding hydrogens is 307 g/mol. The lowest BCUT2D eigenvalue weighted by Crippen LogP contribution is -2.29. The Kier molecular flexibility index (Phi) is 4.67. The van der Waals surface area contributed by atoms with Gasteiger partial charge in [-0.2, -0.15) is 0 Å². The quantitative estimate of drug-likeness (QED) is 0.552. The van der Waals surface area contributed by atoms with Crippen molar-refractivity contribution in [3.8, 4) is 0 Å². The van der Waals surface area contributed by atoms with Crippen molar-refractivity contribution in [1.82, 2.24) is 0 Å². The van der Waals surface area contributed by atoms with Crippen molar-refractivity contribution in [2.24, 2.45) is 5.92 Å². The zero-order chi connectivity index (χ0) is 10.7. The van der Waals surface area contributed by atoms with E-state index >= 15 is 0 Å². The summed E-state index contributed by atoms with van der Waals surface area (Å²) in [5, 5.41) is 0. The number of hydrogen-bond acceptors (Lipinski definition) is 3. The molecule has 0 amide bonds. The highest BCUT2D eigenvalue weighted by molar-refractivity contribution is 14.1. The van der Waals surface area contributed by atoms with E-state index in [0.717, 1.165) is 32.3 Å². The van der Waals surface area contributed by atoms with E-state index < -0.39 is 0 Å². The zero-order valence-corrected chi connectivity index (χ0v) is 11.3. The Balaban J connectivity index is 1.70. The monoisotopic (exact) mass is 326 g/mol. The molecule has 0 N–H and O–H groups in total. The van der Waals surface area contributed by atoms with Crippen LogP contribution < -0.4 is 0 Å². The topological polar surface area (TPSA) is 27.7 Å². The van der Waals surface area contributed by atoms with Crippen molar-refractivity contribution < 1.29 is 14.2 Å². The van der Waals surface area contributed by atoms with Crippen molar-refractivity contribution in [2.45, 2.75) is 35.9 Å². The second kappa shape index (κ2) is 5.80. The van der Waals surface area contributed by atoms with Gasteiger partial charge < -0.3 is 14.2 Å². The van der Waals surface area contributed by atoms with Crippen LogP contribution in [0.25, 0.3) is 0 Å². The first-order valence-corrected chi connectivity index (χ1v) is 7.00. The largest absolute Gasteiger partial charge is 0.378 e. The maximum Gasteiger partial charge on any atom is 0.0949 e. The van der Waals surface area contributed by atoms with Gasteiger partial charge in [-0.25, -0.2) is 0 Å². The maximum absolute atomic E-state index is 5.87. The fourth-order valence-corrected chi connectivity index (χ4v) is 2.55. The van der Waals surface area contributed by atoms with Crippen LogP contribution in [-0.2, 0) is 14.2 Å². The third-order valence-electron chi connectivity index (χ3n) is 2.97. The molecule has 3 atom stereocenters. The standard InChI is InChI=1S/C11H19IO3/c1-2-14-10(8-3-4-8)7-15-11-6-13-5-9(11)12/h8-11H,2-7H2,1H3. The predicted octanol–water partition coefficient (Wildman–Crippen LogP) is 2.02. The lowest BCUT2D eigenvalue weighted by atomic mass is 10.2. The Bertz CT molecular complexity index is 196. The van der Waals surface area contributed by atoms with E-state index in [1.165, 1.54) is 12.8 Å². The van der Waals surface area contributed by atoms with Crippen LogP contribution in [0.5, 0.6) is 0 Å². The summed E-state index contributed by atoms with van der Waals surface area (Å²) in [5.74, 6) is 0.750. The molecule has 2 aliphatic rings. The summed E-state index contributed by atoms with van der Waals surface area (Å²) in [5.41, 5.74) is 0. The first-order chi connectivity index (χ1) is 7.31. The van der Waals surface area contributed by atoms with Gasteiger partial charge in [-0.3, -0.25) is 0 Å². The number of rotatable bonds is 6. The Hall–Kier alpha value is 0.610. The molecular formula is C11H19IO3. The van der Waals surface area contributed by atoms with E-state index in [0.29, 0.717) is 10.0 Å². The summed E-state index contributed by atoms with van der Waals surface area (Å²) in [4.78, 5) is 0. The van der Waals surface area contributed by atoms with Gasteiger partial charge in [0.15, 0.2) is 0 Å². The van der Waals surface area contributed by atoms with Gasteiger partial charge in [0, 0.05) is 6.61 Å². The van der Waals surface area contributed by atoms with Gasteiger partial charge in [0.05, 0.1) is 36.0 Å². The average Bonchev–Trinajstić information content (AvgIpc) is 2.98. The molecule has 0 aromatic heterocycles. The first kappa shape index (κ1) is 12.1. The van der Waals surface area contributed by atoms with Gasteiger partial charge in [-0.05, 0) is 25.7 Å². The van der Waals surface area contributed by atoms with Gasteiger partial charge in [-0.1, -0.05) is 22.6 Å². The van der Waals surface area contributed by atoms with Crippen LogP contribution in [0.4, 0.5) is 0 Å². The molecule has 0 spiro atoms. The van der Waals surface area contributed by atoms with Crippen LogP contribution in [0.3, 0.4) is 0 Å². The SMILES string of the molecule is CCOC(COC1COCC1I)C1CC1. The molecule has 3 nitrogen and oxygen atoms in total. The highest BCUT2D eigenvalue weighted by Crippen LogP contribution is 2.34. The van der Waals surface area contributed by atoms with Crippen LogP contribution in [0.15, 0.2) is 0 Å². The van der Waals surface area contributed by atoms with Gasteiger partial charge in [0.25, 0.3) is 0 Å². The van der Waals surface area contributed by atoms with Gasteiger partial charge in [0.1, 0.15) is 0 Å². The molecule has 0 radical (unpaired) electrons. The van der Waals surface area contributed by atoms with Crippen LogP contribution in [0.1, 0.15) is 19.8 Å². The van der Waals surface area contributed by atoms with E-state index in [9.17, 15) is 0 Å². The number of halogens is 1. The van der Waals surface area contributed by atoms with E-state index in [4.69, 9.17) is 14.2 Å². The van der Waals surface area contributed by atoms with E-state index in [-0.39, 0.29) is 6.10 Å². The van der Waals surface area contributed by atoms with Crippen LogP contribution in [0.2, 0.25) is 0 Å². The third kappa shape index (κ3) is 3.54. The number of hydrogen-bond donors (Lipinski definition) is 0. The normalized spacial score (nSPS) is 33.2. The predicted molar refractivity (Wildman–Crippen MR) is 66.5 cm³/mol. The van der Waals surface area contributed by atoms with Crippen molar-refractivity contribution in [1.29, 1.82) is 0 Å². The highest BCUT2D eigenvalue weighted by Gasteiger charge is 2.34. The van der Waals surface area contributed by atoms with Crippen LogP contribution in [0, 0.1) is 5.92 Å². The fourth-order valence-electron chi connectivity index (χ4n) is 1.88. The molecule has 3 unspecified atom stereocenters. The summed E-state index contributed by atoms with van der Waals surface area (Å²) in [6, 6.07) is 0. The van der Waals surface area contributed by atoms with E-state index in [2.05, 4.69) is 29.5 Å². The Morgan fingerprint density at radius 3 is 2.73 bits per heavy atom. The lowest BCUT2D eigenvalue weighted by molar-refractivity contribution is -0.0490. The van der Waals surface area contributed by atoms with Crippen LogP contribution >= 0.6 is 22.6 Å². The summed E-state index contributed by atoms with van der Waals surface area (Å²) in [7, 11) is 0. The fraction of sp³-hybridized carbons (Fsp3) is 1.00. The molecule has 1 aliphatic heterocycles. The zero-order valence-electron chi connectivity index (χ0n) is 9.15. The lowest BCUT2D eigenvalue weighted by Gasteiger charge is -2.20. The summed E-state index contributed by atoms with van der Waals surface area (Å²) in [6.45, 7) is 5.16. The second-order valence-electron chi connectivity index (χ2n) is 4.26. The molecule has 1 aliphatic carbocycles. The molecule has 4 heteroatoms. The molecule has 0 aromatic rings. The van der Waals surface area contributed by atoms with Gasteiger partial charge in [-0.15, -0.1) is 0 Å². The minimum Gasteiger partial charge on any atom is -0.378 e. The van der Waals surface area contributed by atoms with Crippen molar-refractivity contribution in [3.63, 3.8) is 0 Å². The summed E-state index contributed by atoms with van der Waals surface area (Å²) < 4.78 is 17.4. The molecule has 1 saturated heterocycles. The highest BCUT2D eigenvalue weighted by atomic mass is 127. The molecule has 15 heavy (non-hydrogen) atoms. The third-order valence-corrected chi connectivity index (χ3v) is 4.13. The molecule has 0 bridgehead atoms. The summed E-state index contributed by atoms with van der Waals surface area (Å²) >= 11 is 2.40.